The van der Waals surface area contributed by atoms with E-state index < -0.39 is 0 Å². The van der Waals surface area contributed by atoms with E-state index >= 15 is 0 Å². The minimum atomic E-state index is -0.324. The molecule has 7 heteroatoms. The average Bonchev–Trinajstić information content (AvgIpc) is 2.60. The summed E-state index contributed by atoms with van der Waals surface area (Å²) >= 11 is 0. The number of halogens is 1. The standard InChI is InChI=1S/C17H24FN3O3/c1-24-15-3-2-10-21(12-15)17(23)20-9-8-19-16(22)11-13-4-6-14(18)7-5-13/h4-7,15H,2-3,8-12H2,1H3,(H,19,22)(H,20,23)/t15-/m0/s1. The van der Waals surface area contributed by atoms with Crippen molar-refractivity contribution < 1.29 is 18.7 Å². The molecule has 1 heterocycles. The molecule has 1 aliphatic rings. The van der Waals surface area contributed by atoms with Crippen LogP contribution in [0.5, 0.6) is 0 Å². The van der Waals surface area contributed by atoms with E-state index in [1.165, 1.54) is 12.1 Å². The van der Waals surface area contributed by atoms with Crippen LogP contribution in [0, 0.1) is 5.82 Å². The number of nitrogens with zero attached hydrogens (tertiary/aromatic N) is 1. The van der Waals surface area contributed by atoms with Gasteiger partial charge in [-0.25, -0.2) is 9.18 Å². The SMILES string of the molecule is CO[C@H]1CCCN(C(=O)NCCNC(=O)Cc2ccc(F)cc2)C1. The number of rotatable bonds is 6. The van der Waals surface area contributed by atoms with Gasteiger partial charge in [-0.2, -0.15) is 0 Å². The van der Waals surface area contributed by atoms with Crippen LogP contribution in [-0.4, -0.2) is 56.2 Å². The molecule has 0 saturated carbocycles. The number of urea groups is 1. The maximum absolute atomic E-state index is 12.8. The number of ether oxygens (including phenoxy) is 1. The molecule has 3 amide bonds. The molecule has 0 spiro atoms. The van der Waals surface area contributed by atoms with Crippen molar-refractivity contribution in [3.63, 3.8) is 0 Å². The van der Waals surface area contributed by atoms with Crippen LogP contribution in [0.15, 0.2) is 24.3 Å². The quantitative estimate of drug-likeness (QED) is 0.769. The van der Waals surface area contributed by atoms with Crippen LogP contribution in [0.2, 0.25) is 0 Å². The second-order valence-corrected chi connectivity index (χ2v) is 5.83. The first-order chi connectivity index (χ1) is 11.6. The summed E-state index contributed by atoms with van der Waals surface area (Å²) in [6, 6.07) is 5.69. The monoisotopic (exact) mass is 337 g/mol. The predicted octanol–water partition coefficient (Wildman–Crippen LogP) is 1.30. The molecule has 1 aromatic rings. The highest BCUT2D eigenvalue weighted by molar-refractivity contribution is 5.78. The van der Waals surface area contributed by atoms with Crippen LogP contribution < -0.4 is 10.6 Å². The van der Waals surface area contributed by atoms with Crippen LogP contribution in [0.3, 0.4) is 0 Å². The Kier molecular flexibility index (Phi) is 6.99. The summed E-state index contributed by atoms with van der Waals surface area (Å²) in [4.78, 5) is 25.6. The number of hydrogen-bond acceptors (Lipinski definition) is 3. The molecule has 6 nitrogen and oxygen atoms in total. The van der Waals surface area contributed by atoms with Crippen LogP contribution in [-0.2, 0) is 16.0 Å². The summed E-state index contributed by atoms with van der Waals surface area (Å²) in [5, 5.41) is 5.52. The van der Waals surface area contributed by atoms with Crippen LogP contribution in [0.1, 0.15) is 18.4 Å². The largest absolute Gasteiger partial charge is 0.380 e. The number of hydrogen-bond donors (Lipinski definition) is 2. The van der Waals surface area contributed by atoms with E-state index in [0.717, 1.165) is 24.9 Å². The Morgan fingerprint density at radius 3 is 2.67 bits per heavy atom. The minimum absolute atomic E-state index is 0.0971. The van der Waals surface area contributed by atoms with Crippen molar-refractivity contribution >= 4 is 11.9 Å². The molecule has 0 radical (unpaired) electrons. The lowest BCUT2D eigenvalue weighted by Gasteiger charge is -2.31. The number of amides is 3. The highest BCUT2D eigenvalue weighted by atomic mass is 19.1. The van der Waals surface area contributed by atoms with Crippen molar-refractivity contribution in [1.82, 2.24) is 15.5 Å². The van der Waals surface area contributed by atoms with E-state index in [4.69, 9.17) is 4.74 Å². The molecule has 0 bridgehead atoms. The fourth-order valence-corrected chi connectivity index (χ4v) is 2.65. The number of likely N-dealkylation sites (tertiary alicyclic amines) is 1. The van der Waals surface area contributed by atoms with Gasteiger partial charge in [0.15, 0.2) is 0 Å². The van der Waals surface area contributed by atoms with E-state index in [1.807, 2.05) is 0 Å². The Labute approximate surface area is 141 Å². The van der Waals surface area contributed by atoms with Crippen molar-refractivity contribution in [2.45, 2.75) is 25.4 Å². The number of carbonyl (C=O) groups excluding carboxylic acids is 2. The summed E-state index contributed by atoms with van der Waals surface area (Å²) in [7, 11) is 1.66. The first-order valence-corrected chi connectivity index (χ1v) is 8.15. The maximum Gasteiger partial charge on any atom is 0.317 e. The van der Waals surface area contributed by atoms with Gasteiger partial charge in [-0.05, 0) is 30.5 Å². The summed E-state index contributed by atoms with van der Waals surface area (Å²) < 4.78 is 18.1. The zero-order chi connectivity index (χ0) is 17.4. The van der Waals surface area contributed by atoms with Gasteiger partial charge in [0.25, 0.3) is 0 Å². The highest BCUT2D eigenvalue weighted by Crippen LogP contribution is 2.12. The van der Waals surface area contributed by atoms with Gasteiger partial charge in [0, 0.05) is 33.3 Å². The molecule has 1 aliphatic heterocycles. The fraction of sp³-hybridized carbons (Fsp3) is 0.529. The fourth-order valence-electron chi connectivity index (χ4n) is 2.65. The zero-order valence-corrected chi connectivity index (χ0v) is 13.9. The minimum Gasteiger partial charge on any atom is -0.380 e. The third-order valence-corrected chi connectivity index (χ3v) is 4.00. The molecule has 132 valence electrons. The Morgan fingerprint density at radius 1 is 1.25 bits per heavy atom. The van der Waals surface area contributed by atoms with Crippen molar-refractivity contribution in [1.29, 1.82) is 0 Å². The first-order valence-electron chi connectivity index (χ1n) is 8.15. The van der Waals surface area contributed by atoms with Gasteiger partial charge >= 0.3 is 6.03 Å². The Balaban J connectivity index is 1.62. The van der Waals surface area contributed by atoms with E-state index in [2.05, 4.69) is 10.6 Å². The Morgan fingerprint density at radius 2 is 1.96 bits per heavy atom. The normalized spacial score (nSPS) is 17.4. The molecule has 24 heavy (non-hydrogen) atoms. The van der Waals surface area contributed by atoms with Gasteiger partial charge in [0.1, 0.15) is 5.82 Å². The number of nitrogens with one attached hydrogen (secondary N) is 2. The van der Waals surface area contributed by atoms with Crippen LogP contribution in [0.4, 0.5) is 9.18 Å². The van der Waals surface area contributed by atoms with Crippen molar-refractivity contribution in [3.05, 3.63) is 35.6 Å². The lowest BCUT2D eigenvalue weighted by Crippen LogP contribution is -2.48. The molecule has 0 aromatic heterocycles. The van der Waals surface area contributed by atoms with Gasteiger partial charge in [0.05, 0.1) is 12.5 Å². The molecule has 0 unspecified atom stereocenters. The number of carbonyl (C=O) groups is 2. The maximum atomic E-state index is 12.8. The molecule has 1 atom stereocenters. The average molecular weight is 337 g/mol. The molecule has 1 aromatic carbocycles. The molecule has 2 rings (SSSR count). The zero-order valence-electron chi connectivity index (χ0n) is 13.9. The Hall–Kier alpha value is -2.15. The second-order valence-electron chi connectivity index (χ2n) is 5.83. The molecule has 1 fully saturated rings. The van der Waals surface area contributed by atoms with Gasteiger partial charge in [-0.3, -0.25) is 4.79 Å². The highest BCUT2D eigenvalue weighted by Gasteiger charge is 2.22. The molecule has 0 aliphatic carbocycles. The summed E-state index contributed by atoms with van der Waals surface area (Å²) in [5.74, 6) is -0.483. The molecular formula is C17H24FN3O3. The van der Waals surface area contributed by atoms with Gasteiger partial charge in [0.2, 0.25) is 5.91 Å². The second kappa shape index (κ2) is 9.22. The molecular weight excluding hydrogens is 313 g/mol. The third kappa shape index (κ3) is 5.81. The van der Waals surface area contributed by atoms with E-state index in [-0.39, 0.29) is 30.3 Å². The van der Waals surface area contributed by atoms with Crippen molar-refractivity contribution in [2.75, 3.05) is 33.3 Å². The number of piperidine rings is 1. The van der Waals surface area contributed by atoms with Gasteiger partial charge in [-0.1, -0.05) is 12.1 Å². The summed E-state index contributed by atoms with van der Waals surface area (Å²) in [5.41, 5.74) is 0.747. The van der Waals surface area contributed by atoms with Crippen molar-refractivity contribution in [3.8, 4) is 0 Å². The lowest BCUT2D eigenvalue weighted by atomic mass is 10.1. The Bertz CT molecular complexity index is 551. The predicted molar refractivity (Wildman–Crippen MR) is 88.1 cm³/mol. The van der Waals surface area contributed by atoms with E-state index in [1.54, 1.807) is 24.1 Å². The lowest BCUT2D eigenvalue weighted by molar-refractivity contribution is -0.120. The smallest absolute Gasteiger partial charge is 0.317 e. The van der Waals surface area contributed by atoms with Crippen molar-refractivity contribution in [2.24, 2.45) is 0 Å². The number of benzene rings is 1. The topological polar surface area (TPSA) is 70.7 Å². The molecule has 2 N–H and O–H groups in total. The summed E-state index contributed by atoms with van der Waals surface area (Å²) in [6.45, 7) is 2.04. The third-order valence-electron chi connectivity index (χ3n) is 4.00. The van der Waals surface area contributed by atoms with Crippen LogP contribution >= 0.6 is 0 Å². The van der Waals surface area contributed by atoms with Gasteiger partial charge < -0.3 is 20.3 Å². The summed E-state index contributed by atoms with van der Waals surface area (Å²) in [6.07, 6.45) is 2.19. The molecule has 1 saturated heterocycles. The first kappa shape index (κ1) is 18.2. The van der Waals surface area contributed by atoms with Crippen LogP contribution in [0.25, 0.3) is 0 Å². The van der Waals surface area contributed by atoms with E-state index in [9.17, 15) is 14.0 Å². The van der Waals surface area contributed by atoms with Gasteiger partial charge in [-0.15, -0.1) is 0 Å². The van der Waals surface area contributed by atoms with E-state index in [0.29, 0.717) is 19.6 Å². The number of methoxy groups -OCH3 is 1.